The van der Waals surface area contributed by atoms with E-state index >= 15 is 4.39 Å². The maximum atomic E-state index is 15.3. The Balaban J connectivity index is 1.57. The molecule has 0 N–H and O–H groups in total. The van der Waals surface area contributed by atoms with Gasteiger partial charge in [0.05, 0.1) is 23.4 Å². The quantitative estimate of drug-likeness (QED) is 0.261. The summed E-state index contributed by atoms with van der Waals surface area (Å²) in [6.07, 6.45) is 2.80. The van der Waals surface area contributed by atoms with Gasteiger partial charge >= 0.3 is 6.61 Å². The van der Waals surface area contributed by atoms with E-state index in [-0.39, 0.29) is 33.8 Å². The Morgan fingerprint density at radius 3 is 2.55 bits per heavy atom. The van der Waals surface area contributed by atoms with Crippen LogP contribution in [0, 0.1) is 11.6 Å². The van der Waals surface area contributed by atoms with Crippen LogP contribution < -0.4 is 10.2 Å². The van der Waals surface area contributed by atoms with Gasteiger partial charge in [-0.15, -0.1) is 0 Å². The molecule has 0 saturated heterocycles. The van der Waals surface area contributed by atoms with E-state index in [2.05, 4.69) is 10.1 Å². The molecule has 6 rings (SSSR count). The minimum Gasteiger partial charge on any atom is -0.434 e. The molecular formula is C26H21F4N4O3P. The Morgan fingerprint density at radius 2 is 1.87 bits per heavy atom. The number of fused-ring (bicyclic) bond motifs is 9. The number of rotatable bonds is 4. The number of benzene rings is 1. The summed E-state index contributed by atoms with van der Waals surface area (Å²) in [5.41, 5.74) is 2.24. The molecule has 0 unspecified atom stereocenters. The van der Waals surface area contributed by atoms with Gasteiger partial charge in [-0.05, 0) is 44.0 Å². The molecule has 2 bridgehead atoms. The van der Waals surface area contributed by atoms with Crippen LogP contribution in [0.2, 0.25) is 0 Å². The fourth-order valence-electron chi connectivity index (χ4n) is 5.58. The fourth-order valence-corrected chi connectivity index (χ4v) is 6.49. The highest BCUT2D eigenvalue weighted by molar-refractivity contribution is 7.69. The summed E-state index contributed by atoms with van der Waals surface area (Å²) in [5, 5.41) is 4.55. The van der Waals surface area contributed by atoms with Crippen LogP contribution in [-0.4, -0.2) is 52.4 Å². The van der Waals surface area contributed by atoms with Crippen molar-refractivity contribution in [2.24, 2.45) is 0 Å². The molecule has 1 aromatic carbocycles. The molecule has 2 aliphatic rings. The molecule has 0 saturated carbocycles. The highest BCUT2D eigenvalue weighted by Crippen LogP contribution is 2.53. The van der Waals surface area contributed by atoms with Gasteiger partial charge in [-0.25, -0.2) is 18.3 Å². The van der Waals surface area contributed by atoms with E-state index in [1.165, 1.54) is 47.1 Å². The van der Waals surface area contributed by atoms with Crippen LogP contribution in [0.4, 0.5) is 17.6 Å². The van der Waals surface area contributed by atoms with E-state index in [0.717, 1.165) is 12.3 Å². The van der Waals surface area contributed by atoms with Crippen molar-refractivity contribution < 1.29 is 31.7 Å². The Morgan fingerprint density at radius 1 is 1.11 bits per heavy atom. The highest BCUT2D eigenvalue weighted by atomic mass is 31.2. The monoisotopic (exact) mass is 544 g/mol. The molecule has 3 aromatic heterocycles. The Kier molecular flexibility index (Phi) is 5.43. The molecule has 0 spiro atoms. The van der Waals surface area contributed by atoms with Gasteiger partial charge in [0, 0.05) is 47.0 Å². The smallest absolute Gasteiger partial charge is 0.387 e. The standard InChI is InChI=1S/C26H21F4N4O3P/c1-33-19-9-15(21-13(25(33)35)5-4-6-20(21)37-26(29)30)22-18-8-14(17(28)11-34(18)32-23(19)22)12-7-16(27)24(31-10-12)38(2,3)36/h4-8,10-11,15,19,26H,9H2,1-3H3/t15-,19-/m1/s1. The van der Waals surface area contributed by atoms with E-state index in [9.17, 15) is 22.5 Å². The first-order valence-corrected chi connectivity index (χ1v) is 14.3. The van der Waals surface area contributed by atoms with Gasteiger partial charge in [-0.1, -0.05) is 6.07 Å². The van der Waals surface area contributed by atoms with Crippen molar-refractivity contribution in [2.75, 3.05) is 20.4 Å². The number of alkyl halides is 2. The second kappa shape index (κ2) is 8.39. The number of carbonyl (C=O) groups excluding carboxylic acids is 1. The largest absolute Gasteiger partial charge is 0.434 e. The first kappa shape index (κ1) is 24.6. The van der Waals surface area contributed by atoms with Crippen molar-refractivity contribution in [1.82, 2.24) is 19.5 Å². The number of carbonyl (C=O) groups is 1. The minimum atomic E-state index is -3.09. The van der Waals surface area contributed by atoms with Gasteiger partial charge in [-0.3, -0.25) is 4.79 Å². The molecule has 4 heterocycles. The number of hydrogen-bond acceptors (Lipinski definition) is 5. The molecule has 2 atom stereocenters. The van der Waals surface area contributed by atoms with Crippen molar-refractivity contribution in [3.05, 3.63) is 76.7 Å². The SMILES string of the molecule is CN1C(=O)c2cccc(OC(F)F)c2[C@H]2C[C@@H]1c1nn3cc(F)c(-c4cnc(P(C)(C)=O)c(F)c4)cc3c12. The third-order valence-electron chi connectivity index (χ3n) is 7.20. The lowest BCUT2D eigenvalue weighted by atomic mass is 9.88. The number of hydrogen-bond donors (Lipinski definition) is 0. The number of nitrogens with zero attached hydrogens (tertiary/aromatic N) is 4. The van der Waals surface area contributed by atoms with E-state index in [1.807, 2.05) is 0 Å². The third kappa shape index (κ3) is 3.63. The van der Waals surface area contributed by atoms with Crippen LogP contribution in [0.3, 0.4) is 0 Å². The summed E-state index contributed by atoms with van der Waals surface area (Å²) < 4.78 is 75.1. The first-order valence-electron chi connectivity index (χ1n) is 11.7. The van der Waals surface area contributed by atoms with E-state index < -0.39 is 37.3 Å². The Labute approximate surface area is 214 Å². The molecule has 4 aromatic rings. The Bertz CT molecular complexity index is 1700. The van der Waals surface area contributed by atoms with Crippen LogP contribution >= 0.6 is 7.14 Å². The average molecular weight is 544 g/mol. The molecule has 1 aliphatic carbocycles. The maximum Gasteiger partial charge on any atom is 0.387 e. The summed E-state index contributed by atoms with van der Waals surface area (Å²) in [4.78, 5) is 18.7. The Hall–Kier alpha value is -3.72. The number of halogens is 4. The normalized spacial score (nSPS) is 18.6. The van der Waals surface area contributed by atoms with Gasteiger partial charge in [0.1, 0.15) is 24.1 Å². The minimum absolute atomic E-state index is 0.0428. The topological polar surface area (TPSA) is 76.8 Å². The van der Waals surface area contributed by atoms with Gasteiger partial charge in [0.15, 0.2) is 5.82 Å². The van der Waals surface area contributed by atoms with E-state index in [1.54, 1.807) is 13.1 Å². The summed E-state index contributed by atoms with van der Waals surface area (Å²) in [6, 6.07) is 6.57. The molecule has 1 aliphatic heterocycles. The zero-order valence-corrected chi connectivity index (χ0v) is 21.3. The zero-order chi connectivity index (χ0) is 27.1. The van der Waals surface area contributed by atoms with Crippen molar-refractivity contribution in [2.45, 2.75) is 25.0 Å². The van der Waals surface area contributed by atoms with Gasteiger partial charge < -0.3 is 14.2 Å². The predicted octanol–water partition coefficient (Wildman–Crippen LogP) is 5.19. The summed E-state index contributed by atoms with van der Waals surface area (Å²) in [6.45, 7) is -0.301. The van der Waals surface area contributed by atoms with Gasteiger partial charge in [0.25, 0.3) is 5.91 Å². The molecule has 7 nitrogen and oxygen atoms in total. The van der Waals surface area contributed by atoms with Crippen molar-refractivity contribution in [3.8, 4) is 16.9 Å². The molecular weight excluding hydrogens is 523 g/mol. The van der Waals surface area contributed by atoms with E-state index in [0.29, 0.717) is 28.8 Å². The third-order valence-corrected chi connectivity index (χ3v) is 8.55. The zero-order valence-electron chi connectivity index (χ0n) is 20.5. The number of aromatic nitrogens is 3. The lowest BCUT2D eigenvalue weighted by Gasteiger charge is -2.23. The lowest BCUT2D eigenvalue weighted by Crippen LogP contribution is -2.30. The van der Waals surface area contributed by atoms with Crippen LogP contribution in [0.15, 0.2) is 42.7 Å². The maximum absolute atomic E-state index is 15.3. The second-order valence-corrected chi connectivity index (χ2v) is 13.0. The summed E-state index contributed by atoms with van der Waals surface area (Å²) in [7, 11) is -1.37. The average Bonchev–Trinajstić information content (AvgIpc) is 3.34. The molecule has 1 amide bonds. The highest BCUT2D eigenvalue weighted by Gasteiger charge is 2.46. The number of amides is 1. The fraction of sp³-hybridized carbons (Fsp3) is 0.269. The van der Waals surface area contributed by atoms with E-state index in [4.69, 9.17) is 4.74 Å². The summed E-state index contributed by atoms with van der Waals surface area (Å²) in [5.74, 6) is -2.49. The molecule has 12 heteroatoms. The molecule has 0 radical (unpaired) electrons. The molecule has 38 heavy (non-hydrogen) atoms. The van der Waals surface area contributed by atoms with Crippen molar-refractivity contribution in [1.29, 1.82) is 0 Å². The molecule has 0 fully saturated rings. The molecule has 196 valence electrons. The van der Waals surface area contributed by atoms with Crippen molar-refractivity contribution >= 4 is 24.0 Å². The summed E-state index contributed by atoms with van der Waals surface area (Å²) >= 11 is 0. The lowest BCUT2D eigenvalue weighted by molar-refractivity contribution is -0.0505. The van der Waals surface area contributed by atoms with Crippen LogP contribution in [-0.2, 0) is 4.57 Å². The number of pyridine rings is 2. The van der Waals surface area contributed by atoms with Gasteiger partial charge in [-0.2, -0.15) is 13.9 Å². The first-order chi connectivity index (χ1) is 18.0. The van der Waals surface area contributed by atoms with Gasteiger partial charge in [0.2, 0.25) is 0 Å². The second-order valence-electron chi connectivity index (χ2n) is 9.86. The predicted molar refractivity (Wildman–Crippen MR) is 132 cm³/mol. The van der Waals surface area contributed by atoms with Crippen LogP contribution in [0.1, 0.15) is 45.6 Å². The van der Waals surface area contributed by atoms with Crippen LogP contribution in [0.25, 0.3) is 16.6 Å². The number of ether oxygens (including phenoxy) is 1. The van der Waals surface area contributed by atoms with Crippen molar-refractivity contribution in [3.63, 3.8) is 0 Å². The van der Waals surface area contributed by atoms with Crippen LogP contribution in [0.5, 0.6) is 5.75 Å².